The zero-order chi connectivity index (χ0) is 13.0. The molecule has 18 heavy (non-hydrogen) atoms. The highest BCUT2D eigenvalue weighted by atomic mass is 16.5. The van der Waals surface area contributed by atoms with Crippen LogP contribution >= 0.6 is 0 Å². The van der Waals surface area contributed by atoms with Crippen LogP contribution in [0.15, 0.2) is 30.3 Å². The molecule has 1 saturated heterocycles. The van der Waals surface area contributed by atoms with Crippen LogP contribution in [0.2, 0.25) is 0 Å². The van der Waals surface area contributed by atoms with E-state index in [1.165, 1.54) is 12.5 Å². The van der Waals surface area contributed by atoms with Crippen molar-refractivity contribution in [1.82, 2.24) is 4.90 Å². The van der Waals surface area contributed by atoms with Crippen LogP contribution in [-0.2, 0) is 9.53 Å². The van der Waals surface area contributed by atoms with Crippen molar-refractivity contribution in [2.45, 2.75) is 19.3 Å². The summed E-state index contributed by atoms with van der Waals surface area (Å²) in [5, 5.41) is 0. The van der Waals surface area contributed by atoms with E-state index < -0.39 is 0 Å². The van der Waals surface area contributed by atoms with Crippen molar-refractivity contribution in [3.8, 4) is 0 Å². The summed E-state index contributed by atoms with van der Waals surface area (Å²) in [7, 11) is 2.13. The molecule has 0 bridgehead atoms. The second-order valence-electron chi connectivity index (χ2n) is 5.13. The van der Waals surface area contributed by atoms with Gasteiger partial charge in [-0.15, -0.1) is 0 Å². The van der Waals surface area contributed by atoms with Crippen molar-refractivity contribution in [3.63, 3.8) is 0 Å². The molecular formula is C15H21NO2. The summed E-state index contributed by atoms with van der Waals surface area (Å²) in [6, 6.07) is 10.6. The Hall–Kier alpha value is -1.35. The fourth-order valence-electron chi connectivity index (χ4n) is 2.75. The Morgan fingerprint density at radius 1 is 1.39 bits per heavy atom. The third-order valence-electron chi connectivity index (χ3n) is 3.67. The van der Waals surface area contributed by atoms with Crippen LogP contribution in [-0.4, -0.2) is 37.6 Å². The van der Waals surface area contributed by atoms with E-state index in [2.05, 4.69) is 36.2 Å². The van der Waals surface area contributed by atoms with Gasteiger partial charge in [0.2, 0.25) is 0 Å². The van der Waals surface area contributed by atoms with E-state index in [9.17, 15) is 4.79 Å². The van der Waals surface area contributed by atoms with Crippen LogP contribution in [0.25, 0.3) is 0 Å². The molecule has 1 aliphatic rings. The molecule has 1 heterocycles. The fourth-order valence-corrected chi connectivity index (χ4v) is 2.75. The molecule has 0 spiro atoms. The van der Waals surface area contributed by atoms with E-state index in [-0.39, 0.29) is 5.97 Å². The molecule has 0 radical (unpaired) electrons. The minimum absolute atomic E-state index is 0.185. The van der Waals surface area contributed by atoms with Crippen molar-refractivity contribution in [1.29, 1.82) is 0 Å². The Morgan fingerprint density at radius 2 is 2.11 bits per heavy atom. The molecule has 0 amide bonds. The van der Waals surface area contributed by atoms with Crippen molar-refractivity contribution in [2.24, 2.45) is 5.92 Å². The van der Waals surface area contributed by atoms with E-state index in [1.54, 1.807) is 0 Å². The summed E-state index contributed by atoms with van der Waals surface area (Å²) >= 11 is 0. The molecule has 0 N–H and O–H groups in total. The normalized spacial score (nSPS) is 24.8. The van der Waals surface area contributed by atoms with E-state index in [0.717, 1.165) is 19.5 Å². The van der Waals surface area contributed by atoms with Crippen LogP contribution in [0.5, 0.6) is 0 Å². The lowest BCUT2D eigenvalue weighted by atomic mass is 9.81. The van der Waals surface area contributed by atoms with Gasteiger partial charge < -0.3 is 9.64 Å². The van der Waals surface area contributed by atoms with Crippen LogP contribution in [0, 0.1) is 5.92 Å². The van der Waals surface area contributed by atoms with E-state index in [4.69, 9.17) is 4.74 Å². The van der Waals surface area contributed by atoms with Crippen molar-refractivity contribution < 1.29 is 9.53 Å². The second kappa shape index (κ2) is 6.01. The molecule has 0 aromatic heterocycles. The maximum atomic E-state index is 11.0. The Morgan fingerprint density at radius 3 is 2.78 bits per heavy atom. The van der Waals surface area contributed by atoms with Crippen molar-refractivity contribution >= 4 is 5.97 Å². The van der Waals surface area contributed by atoms with Gasteiger partial charge in [-0.05, 0) is 31.5 Å². The third kappa shape index (κ3) is 3.33. The lowest BCUT2D eigenvalue weighted by molar-refractivity contribution is -0.143. The molecule has 3 heteroatoms. The third-order valence-corrected chi connectivity index (χ3v) is 3.67. The first-order valence-corrected chi connectivity index (χ1v) is 6.53. The molecule has 2 atom stereocenters. The summed E-state index contributed by atoms with van der Waals surface area (Å²) in [4.78, 5) is 13.3. The molecular weight excluding hydrogens is 226 g/mol. The van der Waals surface area contributed by atoms with E-state index >= 15 is 0 Å². The summed E-state index contributed by atoms with van der Waals surface area (Å²) in [6.07, 6.45) is 1.13. The van der Waals surface area contributed by atoms with Crippen LogP contribution in [0.4, 0.5) is 0 Å². The molecule has 98 valence electrons. The molecule has 1 aromatic carbocycles. The number of hydrogen-bond acceptors (Lipinski definition) is 3. The highest BCUT2D eigenvalue weighted by Gasteiger charge is 2.29. The number of ether oxygens (including phenoxy) is 1. The number of nitrogens with zero attached hydrogens (tertiary/aromatic N) is 1. The number of rotatable bonds is 3. The zero-order valence-corrected chi connectivity index (χ0v) is 11.1. The number of esters is 1. The quantitative estimate of drug-likeness (QED) is 0.767. The average Bonchev–Trinajstić information content (AvgIpc) is 2.37. The second-order valence-corrected chi connectivity index (χ2v) is 5.13. The topological polar surface area (TPSA) is 29.5 Å². The van der Waals surface area contributed by atoms with E-state index in [1.807, 2.05) is 6.07 Å². The van der Waals surface area contributed by atoms with Gasteiger partial charge in [-0.1, -0.05) is 30.3 Å². The summed E-state index contributed by atoms with van der Waals surface area (Å²) in [5.41, 5.74) is 1.36. The molecule has 1 aliphatic heterocycles. The number of piperidine rings is 1. The maximum absolute atomic E-state index is 11.0. The molecule has 1 fully saturated rings. The van der Waals surface area contributed by atoms with Gasteiger partial charge >= 0.3 is 5.97 Å². The van der Waals surface area contributed by atoms with Gasteiger partial charge in [0.25, 0.3) is 0 Å². The molecule has 3 nitrogen and oxygen atoms in total. The van der Waals surface area contributed by atoms with Crippen LogP contribution in [0.3, 0.4) is 0 Å². The predicted octanol–water partition coefficient (Wildman–Crippen LogP) is 2.29. The highest BCUT2D eigenvalue weighted by molar-refractivity contribution is 5.65. The van der Waals surface area contributed by atoms with Gasteiger partial charge in [0.05, 0.1) is 6.61 Å². The summed E-state index contributed by atoms with van der Waals surface area (Å²) in [5.74, 6) is 0.715. The number of carbonyl (C=O) groups is 1. The highest BCUT2D eigenvalue weighted by Crippen LogP contribution is 2.32. The monoisotopic (exact) mass is 247 g/mol. The fraction of sp³-hybridized carbons (Fsp3) is 0.533. The minimum Gasteiger partial charge on any atom is -0.466 e. The van der Waals surface area contributed by atoms with Gasteiger partial charge in [0, 0.05) is 19.4 Å². The largest absolute Gasteiger partial charge is 0.466 e. The van der Waals surface area contributed by atoms with Crippen molar-refractivity contribution in [3.05, 3.63) is 35.9 Å². The number of carbonyl (C=O) groups excluding carboxylic acids is 1. The average molecular weight is 247 g/mol. The Bertz CT molecular complexity index is 391. The Kier molecular flexibility index (Phi) is 4.37. The number of likely N-dealkylation sites (tertiary alicyclic amines) is 1. The van der Waals surface area contributed by atoms with Gasteiger partial charge in [0.1, 0.15) is 0 Å². The Labute approximate surface area is 109 Å². The number of benzene rings is 1. The maximum Gasteiger partial charge on any atom is 0.302 e. The van der Waals surface area contributed by atoms with Gasteiger partial charge in [-0.3, -0.25) is 4.79 Å². The van der Waals surface area contributed by atoms with Crippen molar-refractivity contribution in [2.75, 3.05) is 26.7 Å². The van der Waals surface area contributed by atoms with Gasteiger partial charge in [-0.2, -0.15) is 0 Å². The lowest BCUT2D eigenvalue weighted by Crippen LogP contribution is -2.39. The first kappa shape index (κ1) is 13.1. The van der Waals surface area contributed by atoms with Crippen LogP contribution < -0.4 is 0 Å². The Balaban J connectivity index is 2.08. The van der Waals surface area contributed by atoms with Crippen LogP contribution in [0.1, 0.15) is 24.8 Å². The molecule has 0 unspecified atom stereocenters. The first-order valence-electron chi connectivity index (χ1n) is 6.53. The SMILES string of the molecule is CC(=O)OC[C@H]1CN(C)CC[C@@H]1c1ccccc1. The smallest absolute Gasteiger partial charge is 0.302 e. The molecule has 1 aromatic rings. The van der Waals surface area contributed by atoms with Gasteiger partial charge in [-0.25, -0.2) is 0 Å². The zero-order valence-electron chi connectivity index (χ0n) is 11.1. The molecule has 2 rings (SSSR count). The van der Waals surface area contributed by atoms with Gasteiger partial charge in [0.15, 0.2) is 0 Å². The molecule has 0 saturated carbocycles. The minimum atomic E-state index is -0.185. The first-order chi connectivity index (χ1) is 8.66. The molecule has 0 aliphatic carbocycles. The predicted molar refractivity (Wildman–Crippen MR) is 71.4 cm³/mol. The number of hydrogen-bond donors (Lipinski definition) is 0. The lowest BCUT2D eigenvalue weighted by Gasteiger charge is -2.36. The standard InChI is InChI=1S/C15H21NO2/c1-12(17)18-11-14-10-16(2)9-8-15(14)13-6-4-3-5-7-13/h3-7,14-15H,8-11H2,1-2H3/t14-,15-/m1/s1. The summed E-state index contributed by atoms with van der Waals surface area (Å²) < 4.78 is 5.22. The van der Waals surface area contributed by atoms with E-state index in [0.29, 0.717) is 18.4 Å². The summed E-state index contributed by atoms with van der Waals surface area (Å²) in [6.45, 7) is 4.10.